The summed E-state index contributed by atoms with van der Waals surface area (Å²) in [6, 6.07) is 8.42. The summed E-state index contributed by atoms with van der Waals surface area (Å²) < 4.78 is 19.0. The van der Waals surface area contributed by atoms with E-state index in [1.54, 1.807) is 25.7 Å². The second-order valence-electron chi connectivity index (χ2n) is 8.38. The smallest absolute Gasteiger partial charge is 0.410 e. The van der Waals surface area contributed by atoms with Gasteiger partial charge in [-0.1, -0.05) is 0 Å². The van der Waals surface area contributed by atoms with Crippen LogP contribution in [0, 0.1) is 36.2 Å². The lowest BCUT2D eigenvalue weighted by atomic mass is 10.2. The van der Waals surface area contributed by atoms with E-state index in [2.05, 4.69) is 0 Å². The lowest BCUT2D eigenvalue weighted by Gasteiger charge is -2.36. The number of piperazine rings is 1. The minimum absolute atomic E-state index is 0.274. The van der Waals surface area contributed by atoms with Crippen molar-refractivity contribution in [3.05, 3.63) is 78.6 Å². The molecule has 1 amide bonds. The number of hydrogen-bond acceptors (Lipinski definition) is 9. The molecule has 188 valence electrons. The number of nitrogens with zero attached hydrogens (tertiary/aromatic N) is 5. The highest BCUT2D eigenvalue weighted by Crippen LogP contribution is 2.25. The number of ether oxygens (including phenoxy) is 1. The molecule has 1 fully saturated rings. The molecule has 0 saturated carbocycles. The Bertz CT molecular complexity index is 1080. The number of halogens is 1. The number of benzene rings is 2. The number of amides is 1. The second-order valence-corrected chi connectivity index (χ2v) is 8.38. The minimum atomic E-state index is -0.859. The number of rotatable bonds is 4. The Morgan fingerprint density at radius 3 is 1.86 bits per heavy atom. The average molecular weight is 493 g/mol. The van der Waals surface area contributed by atoms with Crippen LogP contribution >= 0.6 is 0 Å². The summed E-state index contributed by atoms with van der Waals surface area (Å²) in [6.07, 6.45) is -0.368. The van der Waals surface area contributed by atoms with Gasteiger partial charge in [0.1, 0.15) is 5.60 Å². The zero-order valence-electron chi connectivity index (χ0n) is 19.2. The lowest BCUT2D eigenvalue weighted by molar-refractivity contribution is -0.394. The quantitative estimate of drug-likeness (QED) is 0.446. The molecule has 0 spiro atoms. The number of nitro benzene ring substituents is 3. The van der Waals surface area contributed by atoms with Crippen LogP contribution in [0.2, 0.25) is 0 Å². The van der Waals surface area contributed by atoms with Crippen molar-refractivity contribution in [2.75, 3.05) is 31.1 Å². The molecule has 3 rings (SSSR count). The molecule has 0 N–H and O–H groups in total. The molecule has 0 radical (unpaired) electrons. The number of anilines is 1. The number of nitro groups is 3. The summed E-state index contributed by atoms with van der Waals surface area (Å²) in [5, 5.41) is 31.0. The van der Waals surface area contributed by atoms with E-state index < -0.39 is 31.9 Å². The fourth-order valence-electron chi connectivity index (χ4n) is 3.03. The van der Waals surface area contributed by atoms with Gasteiger partial charge in [0, 0.05) is 56.1 Å². The van der Waals surface area contributed by atoms with E-state index >= 15 is 0 Å². The van der Waals surface area contributed by atoms with Gasteiger partial charge in [-0.3, -0.25) is 30.3 Å². The van der Waals surface area contributed by atoms with Crippen molar-refractivity contribution >= 4 is 28.8 Å². The Hall–Kier alpha value is -4.36. The van der Waals surface area contributed by atoms with Crippen molar-refractivity contribution in [1.29, 1.82) is 0 Å². The molecule has 0 unspecified atom stereocenters. The predicted molar refractivity (Wildman–Crippen MR) is 123 cm³/mol. The summed E-state index contributed by atoms with van der Waals surface area (Å²) in [5.74, 6) is -0.859. The van der Waals surface area contributed by atoms with Crippen molar-refractivity contribution in [3.8, 4) is 0 Å². The molecule has 35 heavy (non-hydrogen) atoms. The van der Waals surface area contributed by atoms with Crippen LogP contribution in [-0.4, -0.2) is 57.5 Å². The fourth-order valence-corrected chi connectivity index (χ4v) is 3.03. The van der Waals surface area contributed by atoms with Crippen LogP contribution in [0.5, 0.6) is 0 Å². The van der Waals surface area contributed by atoms with Gasteiger partial charge in [-0.15, -0.1) is 0 Å². The first-order chi connectivity index (χ1) is 16.3. The summed E-state index contributed by atoms with van der Waals surface area (Å²) in [6.45, 7) is 7.34. The molecule has 14 heteroatoms. The van der Waals surface area contributed by atoms with E-state index in [1.807, 2.05) is 4.90 Å². The first-order valence-corrected chi connectivity index (χ1v) is 10.3. The average Bonchev–Trinajstić information content (AvgIpc) is 2.78. The van der Waals surface area contributed by atoms with Gasteiger partial charge in [0.25, 0.3) is 11.4 Å². The molecule has 1 saturated heterocycles. The van der Waals surface area contributed by atoms with E-state index in [-0.39, 0.29) is 17.5 Å². The molecule has 1 aliphatic rings. The largest absolute Gasteiger partial charge is 0.444 e. The number of hydrogen-bond donors (Lipinski definition) is 0. The van der Waals surface area contributed by atoms with Crippen molar-refractivity contribution in [2.24, 2.45) is 0 Å². The van der Waals surface area contributed by atoms with Crippen molar-refractivity contribution < 1.29 is 28.7 Å². The van der Waals surface area contributed by atoms with Gasteiger partial charge >= 0.3 is 11.8 Å². The predicted octanol–water partition coefficient (Wildman–Crippen LogP) is 4.29. The zero-order valence-corrected chi connectivity index (χ0v) is 19.2. The number of carbonyl (C=O) groups excluding carboxylic acids is 1. The number of carbonyl (C=O) groups is 1. The highest BCUT2D eigenvalue weighted by Gasteiger charge is 2.26. The maximum absolute atomic E-state index is 13.7. The third-order valence-corrected chi connectivity index (χ3v) is 4.68. The first-order valence-electron chi connectivity index (χ1n) is 10.3. The Balaban J connectivity index is 0.000000303. The summed E-state index contributed by atoms with van der Waals surface area (Å²) in [4.78, 5) is 44.3. The lowest BCUT2D eigenvalue weighted by Crippen LogP contribution is -2.50. The first kappa shape index (κ1) is 26.9. The third kappa shape index (κ3) is 7.87. The van der Waals surface area contributed by atoms with Gasteiger partial charge in [0.05, 0.1) is 20.8 Å². The van der Waals surface area contributed by atoms with Crippen LogP contribution in [0.15, 0.2) is 42.5 Å². The molecule has 0 aromatic heterocycles. The van der Waals surface area contributed by atoms with Crippen LogP contribution in [0.4, 0.5) is 31.9 Å². The van der Waals surface area contributed by atoms with Crippen LogP contribution in [0.3, 0.4) is 0 Å². The Morgan fingerprint density at radius 2 is 1.43 bits per heavy atom. The molecule has 2 aromatic carbocycles. The van der Waals surface area contributed by atoms with Gasteiger partial charge in [-0.05, 0) is 32.9 Å². The summed E-state index contributed by atoms with van der Waals surface area (Å²) >= 11 is 0. The van der Waals surface area contributed by atoms with Crippen molar-refractivity contribution in [3.63, 3.8) is 0 Å². The van der Waals surface area contributed by atoms with Crippen LogP contribution in [0.25, 0.3) is 0 Å². The van der Waals surface area contributed by atoms with E-state index in [0.717, 1.165) is 18.2 Å². The molecule has 1 aliphatic heterocycles. The van der Waals surface area contributed by atoms with E-state index in [0.29, 0.717) is 31.9 Å². The molecule has 0 bridgehead atoms. The SMILES string of the molecule is CC(C)(C)OC(=O)N1CCN(c2ccc([N+](=O)[O-])c(F)c2)CC1.O=[N+]([O-])c1cccc([N+](=O)[O-])c1. The number of non-ortho nitro benzene ring substituents is 2. The molecule has 13 nitrogen and oxygen atoms in total. The van der Waals surface area contributed by atoms with Gasteiger partial charge in [-0.25, -0.2) is 4.79 Å². The summed E-state index contributed by atoms with van der Waals surface area (Å²) in [7, 11) is 0. The van der Waals surface area contributed by atoms with Crippen LogP contribution in [-0.2, 0) is 4.74 Å². The third-order valence-electron chi connectivity index (χ3n) is 4.68. The van der Waals surface area contributed by atoms with Gasteiger partial charge < -0.3 is 14.5 Å². The van der Waals surface area contributed by atoms with E-state index in [9.17, 15) is 39.5 Å². The van der Waals surface area contributed by atoms with Gasteiger partial charge in [0.2, 0.25) is 5.82 Å². The highest BCUT2D eigenvalue weighted by atomic mass is 19.1. The topological polar surface area (TPSA) is 162 Å². The van der Waals surface area contributed by atoms with Crippen LogP contribution in [0.1, 0.15) is 20.8 Å². The second kappa shape index (κ2) is 11.2. The van der Waals surface area contributed by atoms with Crippen molar-refractivity contribution in [2.45, 2.75) is 26.4 Å². The molecule has 0 aliphatic carbocycles. The fraction of sp³-hybridized carbons (Fsp3) is 0.381. The molecule has 0 atom stereocenters. The maximum Gasteiger partial charge on any atom is 0.410 e. The van der Waals surface area contributed by atoms with Gasteiger partial charge in [0.15, 0.2) is 0 Å². The minimum Gasteiger partial charge on any atom is -0.444 e. The molecular formula is C21H24FN5O8. The maximum atomic E-state index is 13.7. The molecule has 2 aromatic rings. The monoisotopic (exact) mass is 493 g/mol. The molecule has 1 heterocycles. The zero-order chi connectivity index (χ0) is 26.3. The van der Waals surface area contributed by atoms with E-state index in [1.165, 1.54) is 24.3 Å². The standard InChI is InChI=1S/C15H20FN3O4.C6H4N2O4/c1-15(2,3)23-14(20)18-8-6-17(7-9-18)11-4-5-13(19(21)22)12(16)10-11;9-7(10)5-2-1-3-6(4-5)8(11)12/h4-5,10H,6-9H2,1-3H3;1-4H. The summed E-state index contributed by atoms with van der Waals surface area (Å²) in [5.41, 5.74) is -1.07. The Kier molecular flexibility index (Phi) is 8.59. The Morgan fingerprint density at radius 1 is 0.886 bits per heavy atom. The normalized spacial score (nSPS) is 13.4. The Labute approximate surface area is 199 Å². The van der Waals surface area contributed by atoms with Crippen molar-refractivity contribution in [1.82, 2.24) is 4.90 Å². The van der Waals surface area contributed by atoms with E-state index in [4.69, 9.17) is 4.74 Å². The van der Waals surface area contributed by atoms with Crippen LogP contribution < -0.4 is 4.90 Å². The van der Waals surface area contributed by atoms with Gasteiger partial charge in [-0.2, -0.15) is 4.39 Å². The molecular weight excluding hydrogens is 469 g/mol. The highest BCUT2D eigenvalue weighted by molar-refractivity contribution is 5.68.